The van der Waals surface area contributed by atoms with E-state index in [9.17, 15) is 4.79 Å². The number of rotatable bonds is 5. The highest BCUT2D eigenvalue weighted by Crippen LogP contribution is 2.17. The predicted molar refractivity (Wildman–Crippen MR) is 81.7 cm³/mol. The fourth-order valence-corrected chi connectivity index (χ4v) is 2.51. The predicted octanol–water partition coefficient (Wildman–Crippen LogP) is 0.325. The molecule has 0 saturated carbocycles. The van der Waals surface area contributed by atoms with Crippen LogP contribution in [0.3, 0.4) is 0 Å². The summed E-state index contributed by atoms with van der Waals surface area (Å²) in [6.07, 6.45) is 1.86. The van der Waals surface area contributed by atoms with Crippen LogP contribution in [0, 0.1) is 11.8 Å². The largest absolute Gasteiger partial charge is 0.492 e. The van der Waals surface area contributed by atoms with Crippen molar-refractivity contribution in [1.29, 1.82) is 0 Å². The molecule has 0 aromatic heterocycles. The summed E-state index contributed by atoms with van der Waals surface area (Å²) >= 11 is 0. The van der Waals surface area contributed by atoms with Crippen molar-refractivity contribution < 1.29 is 9.53 Å². The zero-order valence-corrected chi connectivity index (χ0v) is 12.0. The van der Waals surface area contributed by atoms with Crippen molar-refractivity contribution in [2.75, 3.05) is 26.2 Å². The van der Waals surface area contributed by atoms with Gasteiger partial charge in [-0.1, -0.05) is 17.9 Å². The summed E-state index contributed by atoms with van der Waals surface area (Å²) in [4.78, 5) is 13.4. The van der Waals surface area contributed by atoms with Crippen molar-refractivity contribution in [3.63, 3.8) is 0 Å². The summed E-state index contributed by atoms with van der Waals surface area (Å²) in [7, 11) is 0. The molecule has 1 saturated heterocycles. The molecular formula is C16H21N3O2. The van der Waals surface area contributed by atoms with E-state index in [0.29, 0.717) is 19.7 Å². The molecule has 1 aromatic rings. The summed E-state index contributed by atoms with van der Waals surface area (Å²) in [5.74, 6) is 6.31. The second-order valence-corrected chi connectivity index (χ2v) is 4.98. The molecule has 0 aliphatic carbocycles. The van der Waals surface area contributed by atoms with Gasteiger partial charge in [0.1, 0.15) is 12.4 Å². The molecule has 5 nitrogen and oxygen atoms in total. The average molecular weight is 287 g/mol. The van der Waals surface area contributed by atoms with Crippen molar-refractivity contribution in [3.05, 3.63) is 29.8 Å². The third-order valence-electron chi connectivity index (χ3n) is 3.51. The van der Waals surface area contributed by atoms with E-state index >= 15 is 0 Å². The molecule has 1 aliphatic heterocycles. The highest BCUT2D eigenvalue weighted by Gasteiger charge is 2.28. The van der Waals surface area contributed by atoms with Gasteiger partial charge in [-0.25, -0.2) is 0 Å². The number of benzene rings is 1. The molecule has 0 radical (unpaired) electrons. The molecule has 1 aliphatic rings. The Hall–Kier alpha value is -2.03. The molecular weight excluding hydrogens is 266 g/mol. The topological polar surface area (TPSA) is 81.6 Å². The van der Waals surface area contributed by atoms with E-state index in [2.05, 4.69) is 16.7 Å². The monoisotopic (exact) mass is 287 g/mol. The Morgan fingerprint density at radius 2 is 2.33 bits per heavy atom. The Labute approximate surface area is 125 Å². The van der Waals surface area contributed by atoms with E-state index in [4.69, 9.17) is 16.2 Å². The van der Waals surface area contributed by atoms with Gasteiger partial charge in [-0.15, -0.1) is 0 Å². The Bertz CT molecular complexity index is 548. The molecule has 1 atom stereocenters. The van der Waals surface area contributed by atoms with Gasteiger partial charge in [0.2, 0.25) is 5.91 Å². The number of nitrogens with two attached hydrogens (primary N) is 2. The van der Waals surface area contributed by atoms with Crippen LogP contribution in [0.25, 0.3) is 0 Å². The van der Waals surface area contributed by atoms with E-state index in [1.807, 2.05) is 24.3 Å². The SMILES string of the molecule is NCC#Cc1cccc(OCCN2CCCC2C(N)=O)c1. The lowest BCUT2D eigenvalue weighted by molar-refractivity contribution is -0.122. The van der Waals surface area contributed by atoms with Gasteiger partial charge in [0.15, 0.2) is 0 Å². The fraction of sp³-hybridized carbons (Fsp3) is 0.438. The molecule has 1 unspecified atom stereocenters. The fourth-order valence-electron chi connectivity index (χ4n) is 2.51. The lowest BCUT2D eigenvalue weighted by atomic mass is 10.2. The quantitative estimate of drug-likeness (QED) is 0.764. The zero-order valence-electron chi connectivity index (χ0n) is 12.0. The van der Waals surface area contributed by atoms with Crippen molar-refractivity contribution in [2.24, 2.45) is 11.5 Å². The van der Waals surface area contributed by atoms with E-state index < -0.39 is 0 Å². The number of ether oxygens (including phenoxy) is 1. The maximum atomic E-state index is 11.3. The van der Waals surface area contributed by atoms with Gasteiger partial charge in [-0.3, -0.25) is 9.69 Å². The number of hydrogen-bond donors (Lipinski definition) is 2. The maximum absolute atomic E-state index is 11.3. The number of hydrogen-bond acceptors (Lipinski definition) is 4. The van der Waals surface area contributed by atoms with E-state index in [1.165, 1.54) is 0 Å². The second-order valence-electron chi connectivity index (χ2n) is 4.98. The lowest BCUT2D eigenvalue weighted by Gasteiger charge is -2.21. The Kier molecular flexibility index (Phi) is 5.61. The number of primary amides is 1. The summed E-state index contributed by atoms with van der Waals surface area (Å²) in [5, 5.41) is 0. The molecule has 1 heterocycles. The van der Waals surface area contributed by atoms with Gasteiger partial charge in [0, 0.05) is 12.1 Å². The minimum absolute atomic E-state index is 0.143. The summed E-state index contributed by atoms with van der Waals surface area (Å²) in [6.45, 7) is 2.47. The summed E-state index contributed by atoms with van der Waals surface area (Å²) in [6, 6.07) is 7.45. The average Bonchev–Trinajstić information content (AvgIpc) is 2.94. The van der Waals surface area contributed by atoms with Crippen LogP contribution in [0.15, 0.2) is 24.3 Å². The van der Waals surface area contributed by atoms with Crippen LogP contribution in [0.2, 0.25) is 0 Å². The molecule has 4 N–H and O–H groups in total. The van der Waals surface area contributed by atoms with E-state index in [0.717, 1.165) is 30.7 Å². The van der Waals surface area contributed by atoms with Crippen LogP contribution in [-0.4, -0.2) is 43.1 Å². The zero-order chi connectivity index (χ0) is 15.1. The third-order valence-corrected chi connectivity index (χ3v) is 3.51. The van der Waals surface area contributed by atoms with E-state index in [-0.39, 0.29) is 11.9 Å². The van der Waals surface area contributed by atoms with Gasteiger partial charge >= 0.3 is 0 Å². The van der Waals surface area contributed by atoms with Gasteiger partial charge in [-0.2, -0.15) is 0 Å². The summed E-state index contributed by atoms with van der Waals surface area (Å²) < 4.78 is 5.72. The minimum Gasteiger partial charge on any atom is -0.492 e. The number of carbonyl (C=O) groups excluding carboxylic acids is 1. The van der Waals surface area contributed by atoms with Gasteiger partial charge in [0.05, 0.1) is 12.6 Å². The van der Waals surface area contributed by atoms with Crippen molar-refractivity contribution >= 4 is 5.91 Å². The Morgan fingerprint density at radius 3 is 3.10 bits per heavy atom. The number of nitrogens with zero attached hydrogens (tertiary/aromatic N) is 1. The van der Waals surface area contributed by atoms with Crippen LogP contribution in [0.1, 0.15) is 18.4 Å². The molecule has 0 spiro atoms. The standard InChI is InChI=1S/C16H21N3O2/c17-8-2-5-13-4-1-6-14(12-13)21-11-10-19-9-3-7-15(19)16(18)20/h1,4,6,12,15H,3,7-11,17H2,(H2,18,20). The molecule has 21 heavy (non-hydrogen) atoms. The van der Waals surface area contributed by atoms with Crippen LogP contribution in [0.4, 0.5) is 0 Å². The van der Waals surface area contributed by atoms with Crippen LogP contribution in [-0.2, 0) is 4.79 Å². The van der Waals surface area contributed by atoms with Crippen molar-refractivity contribution in [3.8, 4) is 17.6 Å². The Balaban J connectivity index is 1.84. The molecule has 1 amide bonds. The molecule has 5 heteroatoms. The number of carbonyl (C=O) groups is 1. The highest BCUT2D eigenvalue weighted by molar-refractivity contribution is 5.80. The second kappa shape index (κ2) is 7.67. The van der Waals surface area contributed by atoms with Gasteiger partial charge in [-0.05, 0) is 37.6 Å². The summed E-state index contributed by atoms with van der Waals surface area (Å²) in [5.41, 5.74) is 11.6. The van der Waals surface area contributed by atoms with Crippen LogP contribution in [0.5, 0.6) is 5.75 Å². The van der Waals surface area contributed by atoms with E-state index in [1.54, 1.807) is 0 Å². The number of amides is 1. The highest BCUT2D eigenvalue weighted by atomic mass is 16.5. The lowest BCUT2D eigenvalue weighted by Crippen LogP contribution is -2.42. The molecule has 2 rings (SSSR count). The van der Waals surface area contributed by atoms with Gasteiger partial charge in [0.25, 0.3) is 0 Å². The normalized spacial score (nSPS) is 18.0. The third kappa shape index (κ3) is 4.48. The molecule has 1 aromatic carbocycles. The van der Waals surface area contributed by atoms with Crippen LogP contribution < -0.4 is 16.2 Å². The minimum atomic E-state index is -0.244. The number of likely N-dealkylation sites (tertiary alicyclic amines) is 1. The van der Waals surface area contributed by atoms with Crippen LogP contribution >= 0.6 is 0 Å². The van der Waals surface area contributed by atoms with Crippen molar-refractivity contribution in [1.82, 2.24) is 4.90 Å². The molecule has 1 fully saturated rings. The first-order valence-corrected chi connectivity index (χ1v) is 7.16. The molecule has 112 valence electrons. The Morgan fingerprint density at radius 1 is 1.48 bits per heavy atom. The molecule has 0 bridgehead atoms. The first-order valence-electron chi connectivity index (χ1n) is 7.16. The van der Waals surface area contributed by atoms with Crippen molar-refractivity contribution in [2.45, 2.75) is 18.9 Å². The van der Waals surface area contributed by atoms with Gasteiger partial charge < -0.3 is 16.2 Å². The first kappa shape index (κ1) is 15.4. The smallest absolute Gasteiger partial charge is 0.234 e. The maximum Gasteiger partial charge on any atom is 0.234 e. The first-order chi connectivity index (χ1) is 10.2.